The van der Waals surface area contributed by atoms with Crippen molar-refractivity contribution in [2.75, 3.05) is 43.4 Å². The first kappa shape index (κ1) is 19.2. The average Bonchev–Trinajstić information content (AvgIpc) is 2.73. The summed E-state index contributed by atoms with van der Waals surface area (Å²) >= 11 is 0. The van der Waals surface area contributed by atoms with Gasteiger partial charge in [0.25, 0.3) is 0 Å². The molecule has 0 aliphatic carbocycles. The van der Waals surface area contributed by atoms with Crippen LogP contribution >= 0.6 is 0 Å². The smallest absolute Gasteiger partial charge is 0.319 e. The molecule has 2 N–H and O–H groups in total. The molecule has 0 bridgehead atoms. The summed E-state index contributed by atoms with van der Waals surface area (Å²) < 4.78 is 0. The highest BCUT2D eigenvalue weighted by atomic mass is 16.2. The zero-order valence-corrected chi connectivity index (χ0v) is 17.0. The molecular formula is C23H27N5O. The van der Waals surface area contributed by atoms with Crippen molar-refractivity contribution in [1.82, 2.24) is 15.2 Å². The number of benzene rings is 2. The number of pyridine rings is 1. The predicted octanol–water partition coefficient (Wildman–Crippen LogP) is 3.62. The fraction of sp³-hybridized carbons (Fsp3) is 0.304. The highest BCUT2D eigenvalue weighted by Gasteiger charge is 2.15. The third-order valence-corrected chi connectivity index (χ3v) is 5.33. The molecule has 6 heteroatoms. The molecule has 6 nitrogen and oxygen atoms in total. The number of aromatic nitrogens is 1. The number of carbonyl (C=O) groups excluding carboxylic acids is 1. The lowest BCUT2D eigenvalue weighted by atomic mass is 10.1. The standard InChI is InChI=1S/C23H27N5O/c1-17-3-5-18(6-4-17)16-24-23(29)25-20-8-9-21-19(15-20)7-10-22(26-21)28-13-11-27(2)12-14-28/h3-10,15H,11-14,16H2,1-2H3,(H2,24,25,29). The molecule has 0 unspecified atom stereocenters. The summed E-state index contributed by atoms with van der Waals surface area (Å²) in [4.78, 5) is 21.7. The first-order valence-electron chi connectivity index (χ1n) is 10.0. The van der Waals surface area contributed by atoms with E-state index < -0.39 is 0 Å². The largest absolute Gasteiger partial charge is 0.354 e. The Labute approximate surface area is 171 Å². The Bertz CT molecular complexity index is 994. The molecule has 3 aromatic rings. The van der Waals surface area contributed by atoms with Crippen molar-refractivity contribution in [2.45, 2.75) is 13.5 Å². The molecule has 0 atom stereocenters. The number of amides is 2. The van der Waals surface area contributed by atoms with Gasteiger partial charge in [0, 0.05) is 43.8 Å². The van der Waals surface area contributed by atoms with E-state index in [9.17, 15) is 4.79 Å². The molecule has 1 fully saturated rings. The lowest BCUT2D eigenvalue weighted by molar-refractivity contribution is 0.251. The van der Waals surface area contributed by atoms with E-state index in [2.05, 4.69) is 39.6 Å². The van der Waals surface area contributed by atoms with Gasteiger partial charge in [0.15, 0.2) is 0 Å². The molecule has 1 aliphatic heterocycles. The number of anilines is 2. The van der Waals surface area contributed by atoms with Crippen LogP contribution in [0.2, 0.25) is 0 Å². The molecule has 2 amide bonds. The maximum Gasteiger partial charge on any atom is 0.319 e. The van der Waals surface area contributed by atoms with E-state index >= 15 is 0 Å². The van der Waals surface area contributed by atoms with Gasteiger partial charge in [0.1, 0.15) is 5.82 Å². The van der Waals surface area contributed by atoms with E-state index in [1.54, 1.807) is 0 Å². The fourth-order valence-electron chi connectivity index (χ4n) is 3.47. The van der Waals surface area contributed by atoms with Crippen molar-refractivity contribution in [2.24, 2.45) is 0 Å². The average molecular weight is 390 g/mol. The molecule has 4 rings (SSSR count). The maximum absolute atomic E-state index is 12.2. The SMILES string of the molecule is Cc1ccc(CNC(=O)Nc2ccc3nc(N4CCN(C)CC4)ccc3c2)cc1. The second-order valence-electron chi connectivity index (χ2n) is 7.66. The highest BCUT2D eigenvalue weighted by molar-refractivity contribution is 5.92. The number of nitrogens with one attached hydrogen (secondary N) is 2. The third kappa shape index (κ3) is 4.84. The number of aryl methyl sites for hydroxylation is 1. The van der Waals surface area contributed by atoms with Gasteiger partial charge < -0.3 is 20.4 Å². The Morgan fingerprint density at radius 1 is 1.00 bits per heavy atom. The molecule has 0 radical (unpaired) electrons. The number of carbonyl (C=O) groups is 1. The Morgan fingerprint density at radius 2 is 1.76 bits per heavy atom. The normalized spacial score (nSPS) is 14.8. The van der Waals surface area contributed by atoms with Crippen LogP contribution in [0.5, 0.6) is 0 Å². The van der Waals surface area contributed by atoms with Gasteiger partial charge in [-0.2, -0.15) is 0 Å². The number of fused-ring (bicyclic) bond motifs is 1. The van der Waals surface area contributed by atoms with Gasteiger partial charge in [0.05, 0.1) is 5.52 Å². The van der Waals surface area contributed by atoms with Crippen molar-refractivity contribution in [3.05, 3.63) is 65.7 Å². The summed E-state index contributed by atoms with van der Waals surface area (Å²) in [6.45, 7) is 6.65. The second kappa shape index (κ2) is 8.49. The fourth-order valence-corrected chi connectivity index (χ4v) is 3.47. The highest BCUT2D eigenvalue weighted by Crippen LogP contribution is 2.22. The minimum Gasteiger partial charge on any atom is -0.354 e. The molecular weight excluding hydrogens is 362 g/mol. The zero-order chi connectivity index (χ0) is 20.2. The number of urea groups is 1. The number of rotatable bonds is 4. The van der Waals surface area contributed by atoms with Crippen LogP contribution in [0.4, 0.5) is 16.3 Å². The summed E-state index contributed by atoms with van der Waals surface area (Å²) in [5.41, 5.74) is 3.98. The number of hydrogen-bond donors (Lipinski definition) is 2. The quantitative estimate of drug-likeness (QED) is 0.716. The topological polar surface area (TPSA) is 60.5 Å². The van der Waals surface area contributed by atoms with Crippen LogP contribution in [0, 0.1) is 6.92 Å². The van der Waals surface area contributed by atoms with Crippen molar-refractivity contribution >= 4 is 28.4 Å². The van der Waals surface area contributed by atoms with Crippen LogP contribution in [-0.4, -0.2) is 49.1 Å². The third-order valence-electron chi connectivity index (χ3n) is 5.33. The van der Waals surface area contributed by atoms with Crippen molar-refractivity contribution in [1.29, 1.82) is 0 Å². The Balaban J connectivity index is 1.38. The number of hydrogen-bond acceptors (Lipinski definition) is 4. The molecule has 0 spiro atoms. The molecule has 2 heterocycles. The van der Waals surface area contributed by atoms with Crippen LogP contribution in [0.3, 0.4) is 0 Å². The number of nitrogens with zero attached hydrogens (tertiary/aromatic N) is 3. The van der Waals surface area contributed by atoms with Crippen molar-refractivity contribution in [3.8, 4) is 0 Å². The van der Waals surface area contributed by atoms with Crippen molar-refractivity contribution < 1.29 is 4.79 Å². The van der Waals surface area contributed by atoms with Gasteiger partial charge in [-0.25, -0.2) is 9.78 Å². The van der Waals surface area contributed by atoms with Gasteiger partial charge in [-0.1, -0.05) is 29.8 Å². The van der Waals surface area contributed by atoms with E-state index in [0.29, 0.717) is 6.54 Å². The molecule has 0 saturated carbocycles. The van der Waals surface area contributed by atoms with Gasteiger partial charge >= 0.3 is 6.03 Å². The van der Waals surface area contributed by atoms with E-state index in [0.717, 1.165) is 54.2 Å². The Hall–Kier alpha value is -3.12. The first-order chi connectivity index (χ1) is 14.1. The molecule has 1 saturated heterocycles. The van der Waals surface area contributed by atoms with Gasteiger partial charge in [-0.15, -0.1) is 0 Å². The Kier molecular flexibility index (Phi) is 5.62. The minimum absolute atomic E-state index is 0.216. The van der Waals surface area contributed by atoms with E-state index in [1.165, 1.54) is 5.56 Å². The number of piperazine rings is 1. The minimum atomic E-state index is -0.216. The molecule has 1 aliphatic rings. The van der Waals surface area contributed by atoms with E-state index in [4.69, 9.17) is 4.98 Å². The van der Waals surface area contributed by atoms with Gasteiger partial charge in [0.2, 0.25) is 0 Å². The summed E-state index contributed by atoms with van der Waals surface area (Å²) in [7, 11) is 2.15. The van der Waals surface area contributed by atoms with Gasteiger partial charge in [-0.05, 0) is 49.9 Å². The summed E-state index contributed by atoms with van der Waals surface area (Å²) in [6, 6.07) is 17.9. The van der Waals surface area contributed by atoms with Crippen LogP contribution in [0.1, 0.15) is 11.1 Å². The molecule has 1 aromatic heterocycles. The lowest BCUT2D eigenvalue weighted by Crippen LogP contribution is -2.44. The van der Waals surface area contributed by atoms with Crippen LogP contribution < -0.4 is 15.5 Å². The Morgan fingerprint density at radius 3 is 2.52 bits per heavy atom. The zero-order valence-electron chi connectivity index (χ0n) is 17.0. The first-order valence-corrected chi connectivity index (χ1v) is 10.0. The predicted molar refractivity (Wildman–Crippen MR) is 118 cm³/mol. The second-order valence-corrected chi connectivity index (χ2v) is 7.66. The van der Waals surface area contributed by atoms with Crippen LogP contribution in [0.15, 0.2) is 54.6 Å². The summed E-state index contributed by atoms with van der Waals surface area (Å²) in [5, 5.41) is 6.81. The maximum atomic E-state index is 12.2. The van der Waals surface area contributed by atoms with Gasteiger partial charge in [-0.3, -0.25) is 0 Å². The molecule has 29 heavy (non-hydrogen) atoms. The number of likely N-dealkylation sites (N-methyl/N-ethyl adjacent to an activating group) is 1. The summed E-state index contributed by atoms with van der Waals surface area (Å²) in [6.07, 6.45) is 0. The lowest BCUT2D eigenvalue weighted by Gasteiger charge is -2.33. The van der Waals surface area contributed by atoms with Crippen LogP contribution in [0.25, 0.3) is 10.9 Å². The summed E-state index contributed by atoms with van der Waals surface area (Å²) in [5.74, 6) is 1.02. The van der Waals surface area contributed by atoms with Crippen molar-refractivity contribution in [3.63, 3.8) is 0 Å². The van der Waals surface area contributed by atoms with E-state index in [-0.39, 0.29) is 6.03 Å². The van der Waals surface area contributed by atoms with Crippen LogP contribution in [-0.2, 0) is 6.54 Å². The van der Waals surface area contributed by atoms with E-state index in [1.807, 2.05) is 49.4 Å². The monoisotopic (exact) mass is 389 g/mol. The molecule has 2 aromatic carbocycles. The molecule has 150 valence electrons.